The molecule has 1 aromatic heterocycles. The number of benzene rings is 1. The summed E-state index contributed by atoms with van der Waals surface area (Å²) in [4.78, 5) is -0.0454. The lowest BCUT2D eigenvalue weighted by atomic mass is 10.2. The van der Waals surface area contributed by atoms with Crippen molar-refractivity contribution in [2.24, 2.45) is 0 Å². The van der Waals surface area contributed by atoms with E-state index < -0.39 is 10.0 Å². The molecule has 1 aromatic carbocycles. The Hall–Kier alpha value is -1.39. The Balaban J connectivity index is 2.37. The van der Waals surface area contributed by atoms with E-state index in [1.807, 2.05) is 22.9 Å². The Morgan fingerprint density at radius 1 is 1.40 bits per heavy atom. The van der Waals surface area contributed by atoms with E-state index in [0.717, 1.165) is 5.56 Å². The molecule has 0 aliphatic rings. The number of nitriles is 1. The van der Waals surface area contributed by atoms with Crippen LogP contribution in [0.15, 0.2) is 39.9 Å². The number of rotatable bonds is 4. The smallest absolute Gasteiger partial charge is 0.207 e. The molecule has 0 bridgehead atoms. The van der Waals surface area contributed by atoms with E-state index in [1.54, 1.807) is 0 Å². The van der Waals surface area contributed by atoms with Gasteiger partial charge in [0.2, 0.25) is 10.0 Å². The number of halogens is 1. The predicted octanol–water partition coefficient (Wildman–Crippen LogP) is 3.09. The van der Waals surface area contributed by atoms with Crippen LogP contribution in [0.3, 0.4) is 0 Å². The van der Waals surface area contributed by atoms with Crippen LogP contribution in [-0.4, -0.2) is 19.8 Å². The van der Waals surface area contributed by atoms with E-state index in [2.05, 4.69) is 0 Å². The fourth-order valence-electron chi connectivity index (χ4n) is 1.66. The molecule has 0 radical (unpaired) electrons. The van der Waals surface area contributed by atoms with Crippen molar-refractivity contribution in [3.63, 3.8) is 0 Å². The van der Waals surface area contributed by atoms with Gasteiger partial charge in [0.1, 0.15) is 4.90 Å². The van der Waals surface area contributed by atoms with Crippen molar-refractivity contribution in [1.82, 2.24) is 4.31 Å². The second kappa shape index (κ2) is 5.94. The minimum Gasteiger partial charge on any atom is -0.207 e. The summed E-state index contributed by atoms with van der Waals surface area (Å²) in [6, 6.07) is 7.98. The maximum absolute atomic E-state index is 12.5. The zero-order valence-electron chi connectivity index (χ0n) is 10.6. The van der Waals surface area contributed by atoms with Crippen LogP contribution in [-0.2, 0) is 16.6 Å². The highest BCUT2D eigenvalue weighted by atomic mass is 35.5. The first-order valence-corrected chi connectivity index (χ1v) is 8.38. The number of sulfonamides is 1. The van der Waals surface area contributed by atoms with Crippen molar-refractivity contribution in [3.05, 3.63) is 51.2 Å². The molecule has 2 aromatic rings. The van der Waals surface area contributed by atoms with E-state index in [1.165, 1.54) is 40.9 Å². The van der Waals surface area contributed by atoms with Gasteiger partial charge in [-0.2, -0.15) is 20.9 Å². The molecule has 7 heteroatoms. The molecule has 0 atom stereocenters. The molecule has 0 spiro atoms. The molecule has 2 rings (SSSR count). The Labute approximate surface area is 126 Å². The van der Waals surface area contributed by atoms with E-state index in [4.69, 9.17) is 16.9 Å². The highest BCUT2D eigenvalue weighted by molar-refractivity contribution is 7.89. The Morgan fingerprint density at radius 2 is 2.15 bits per heavy atom. The van der Waals surface area contributed by atoms with E-state index >= 15 is 0 Å². The molecule has 0 amide bonds. The SMILES string of the molecule is CN(Cc1ccsc1)S(=O)(=O)c1cc(C#N)ccc1Cl. The standard InChI is InChI=1S/C13H11ClN2O2S2/c1-16(8-11-4-5-19-9-11)20(17,18)13-6-10(7-15)2-3-12(13)14/h2-6,9H,8H2,1H3. The first-order chi connectivity index (χ1) is 9.45. The van der Waals surface area contributed by atoms with Crippen LogP contribution in [0, 0.1) is 11.3 Å². The van der Waals surface area contributed by atoms with Crippen LogP contribution >= 0.6 is 22.9 Å². The van der Waals surface area contributed by atoms with Gasteiger partial charge in [0.05, 0.1) is 16.7 Å². The first-order valence-electron chi connectivity index (χ1n) is 5.62. The maximum atomic E-state index is 12.5. The van der Waals surface area contributed by atoms with Crippen molar-refractivity contribution >= 4 is 33.0 Å². The zero-order valence-corrected chi connectivity index (χ0v) is 13.0. The summed E-state index contributed by atoms with van der Waals surface area (Å²) < 4.78 is 26.2. The fourth-order valence-corrected chi connectivity index (χ4v) is 3.98. The fraction of sp³-hybridized carbons (Fsp3) is 0.154. The average molecular weight is 327 g/mol. The normalized spacial score (nSPS) is 11.5. The molecular weight excluding hydrogens is 316 g/mol. The molecule has 0 aliphatic heterocycles. The summed E-state index contributed by atoms with van der Waals surface area (Å²) in [6.45, 7) is 0.263. The van der Waals surface area contributed by atoms with Gasteiger partial charge in [0, 0.05) is 13.6 Å². The molecular formula is C13H11ClN2O2S2. The Bertz CT molecular complexity index is 749. The lowest BCUT2D eigenvalue weighted by molar-refractivity contribution is 0.467. The Kier molecular flexibility index (Phi) is 4.45. The molecule has 0 N–H and O–H groups in total. The van der Waals surface area contributed by atoms with Gasteiger partial charge in [-0.15, -0.1) is 0 Å². The second-order valence-corrected chi connectivity index (χ2v) is 7.35. The van der Waals surface area contributed by atoms with Gasteiger partial charge in [-0.25, -0.2) is 8.42 Å². The summed E-state index contributed by atoms with van der Waals surface area (Å²) in [6.07, 6.45) is 0. The number of thiophene rings is 1. The molecule has 0 saturated carbocycles. The number of nitrogens with zero attached hydrogens (tertiary/aromatic N) is 2. The van der Waals surface area contributed by atoms with Crippen molar-refractivity contribution in [2.75, 3.05) is 7.05 Å². The van der Waals surface area contributed by atoms with Gasteiger partial charge < -0.3 is 0 Å². The molecule has 1 heterocycles. The number of hydrogen-bond acceptors (Lipinski definition) is 4. The number of hydrogen-bond donors (Lipinski definition) is 0. The highest BCUT2D eigenvalue weighted by Gasteiger charge is 2.24. The Morgan fingerprint density at radius 3 is 2.75 bits per heavy atom. The lowest BCUT2D eigenvalue weighted by Crippen LogP contribution is -2.26. The quantitative estimate of drug-likeness (QED) is 0.867. The van der Waals surface area contributed by atoms with Crippen LogP contribution in [0.1, 0.15) is 11.1 Å². The van der Waals surface area contributed by atoms with Crippen LogP contribution < -0.4 is 0 Å². The zero-order chi connectivity index (χ0) is 14.8. The average Bonchev–Trinajstić information content (AvgIpc) is 2.92. The van der Waals surface area contributed by atoms with Gasteiger partial charge in [-0.3, -0.25) is 0 Å². The van der Waals surface area contributed by atoms with Gasteiger partial charge >= 0.3 is 0 Å². The molecule has 4 nitrogen and oxygen atoms in total. The summed E-state index contributed by atoms with van der Waals surface area (Å²) in [5.41, 5.74) is 1.17. The summed E-state index contributed by atoms with van der Waals surface area (Å²) in [5.74, 6) is 0. The molecule has 0 saturated heterocycles. The molecule has 0 aliphatic carbocycles. The minimum absolute atomic E-state index is 0.0454. The second-order valence-electron chi connectivity index (χ2n) is 4.15. The van der Waals surface area contributed by atoms with Crippen molar-refractivity contribution < 1.29 is 8.42 Å². The van der Waals surface area contributed by atoms with Gasteiger partial charge in [-0.05, 0) is 40.6 Å². The van der Waals surface area contributed by atoms with E-state index in [-0.39, 0.29) is 22.0 Å². The third-order valence-electron chi connectivity index (χ3n) is 2.73. The van der Waals surface area contributed by atoms with Crippen molar-refractivity contribution in [2.45, 2.75) is 11.4 Å². The first kappa shape index (κ1) is 15.0. The predicted molar refractivity (Wildman–Crippen MR) is 79.1 cm³/mol. The molecule has 0 unspecified atom stereocenters. The van der Waals surface area contributed by atoms with Crippen LogP contribution in [0.2, 0.25) is 5.02 Å². The lowest BCUT2D eigenvalue weighted by Gasteiger charge is -2.17. The van der Waals surface area contributed by atoms with Crippen molar-refractivity contribution in [1.29, 1.82) is 5.26 Å². The van der Waals surface area contributed by atoms with Gasteiger partial charge in [0.25, 0.3) is 0 Å². The maximum Gasteiger partial charge on any atom is 0.244 e. The van der Waals surface area contributed by atoms with Crippen LogP contribution in [0.25, 0.3) is 0 Å². The summed E-state index contributed by atoms with van der Waals surface area (Å²) in [7, 11) is -2.23. The highest BCUT2D eigenvalue weighted by Crippen LogP contribution is 2.26. The molecule has 20 heavy (non-hydrogen) atoms. The van der Waals surface area contributed by atoms with Crippen molar-refractivity contribution in [3.8, 4) is 6.07 Å². The third-order valence-corrected chi connectivity index (χ3v) is 5.75. The summed E-state index contributed by atoms with van der Waals surface area (Å²) >= 11 is 7.46. The van der Waals surface area contributed by atoms with Gasteiger partial charge in [-0.1, -0.05) is 11.6 Å². The molecule has 104 valence electrons. The summed E-state index contributed by atoms with van der Waals surface area (Å²) in [5, 5.41) is 12.8. The van der Waals surface area contributed by atoms with E-state index in [0.29, 0.717) is 0 Å². The molecule has 0 fully saturated rings. The van der Waals surface area contributed by atoms with Gasteiger partial charge in [0.15, 0.2) is 0 Å². The van der Waals surface area contributed by atoms with Crippen LogP contribution in [0.4, 0.5) is 0 Å². The monoisotopic (exact) mass is 326 g/mol. The topological polar surface area (TPSA) is 61.2 Å². The minimum atomic E-state index is -3.72. The largest absolute Gasteiger partial charge is 0.244 e. The van der Waals surface area contributed by atoms with E-state index in [9.17, 15) is 8.42 Å². The van der Waals surface area contributed by atoms with Crippen LogP contribution in [0.5, 0.6) is 0 Å². The third kappa shape index (κ3) is 3.02.